The molecule has 1 aromatic rings. The van der Waals surface area contributed by atoms with Gasteiger partial charge in [0.1, 0.15) is 0 Å². The third kappa shape index (κ3) is 2.89. The summed E-state index contributed by atoms with van der Waals surface area (Å²) in [6.07, 6.45) is -2.59. The van der Waals surface area contributed by atoms with Crippen molar-refractivity contribution in [1.29, 1.82) is 0 Å². The van der Waals surface area contributed by atoms with Crippen LogP contribution in [0.15, 0.2) is 4.52 Å². The van der Waals surface area contributed by atoms with Gasteiger partial charge in [0.15, 0.2) is 0 Å². The molecule has 2 saturated heterocycles. The van der Waals surface area contributed by atoms with Gasteiger partial charge in [0, 0.05) is 25.4 Å². The molecule has 8 heteroatoms. The van der Waals surface area contributed by atoms with Gasteiger partial charge < -0.3 is 9.42 Å². The van der Waals surface area contributed by atoms with E-state index in [2.05, 4.69) is 10.1 Å². The van der Waals surface area contributed by atoms with E-state index in [9.17, 15) is 18.0 Å². The number of piperidine rings is 1. The van der Waals surface area contributed by atoms with Gasteiger partial charge in [-0.1, -0.05) is 5.16 Å². The van der Waals surface area contributed by atoms with Gasteiger partial charge in [0.25, 0.3) is 11.7 Å². The molecule has 3 heterocycles. The average molecular weight is 303 g/mol. The summed E-state index contributed by atoms with van der Waals surface area (Å²) >= 11 is 0. The highest BCUT2D eigenvalue weighted by Gasteiger charge is 2.46. The van der Waals surface area contributed by atoms with Gasteiger partial charge in [-0.15, -0.1) is 0 Å². The molecule has 0 aromatic carbocycles. The first-order valence-corrected chi connectivity index (χ1v) is 7.03. The molecular weight excluding hydrogens is 287 g/mol. The fourth-order valence-corrected chi connectivity index (χ4v) is 3.62. The first kappa shape index (κ1) is 14.3. The zero-order valence-corrected chi connectivity index (χ0v) is 11.6. The summed E-state index contributed by atoms with van der Waals surface area (Å²) in [6.45, 7) is 1.59. The molecule has 116 valence electrons. The van der Waals surface area contributed by atoms with Crippen LogP contribution in [0, 0.1) is 12.8 Å². The highest BCUT2D eigenvalue weighted by atomic mass is 19.4. The zero-order chi connectivity index (χ0) is 15.2. The summed E-state index contributed by atoms with van der Waals surface area (Å²) in [7, 11) is 0. The van der Waals surface area contributed by atoms with Crippen molar-refractivity contribution in [1.82, 2.24) is 15.0 Å². The summed E-state index contributed by atoms with van der Waals surface area (Å²) < 4.78 is 42.4. The lowest BCUT2D eigenvalue weighted by molar-refractivity contribution is -0.148. The maximum Gasteiger partial charge on any atom is 0.389 e. The molecule has 2 atom stereocenters. The van der Waals surface area contributed by atoms with E-state index in [1.54, 1.807) is 11.8 Å². The molecule has 2 fully saturated rings. The Balaban J connectivity index is 1.71. The molecular formula is C13H16F3N3O2. The molecule has 2 aliphatic rings. The number of alkyl halides is 3. The van der Waals surface area contributed by atoms with Crippen LogP contribution < -0.4 is 0 Å². The molecule has 0 aliphatic carbocycles. The van der Waals surface area contributed by atoms with Crippen LogP contribution in [0.3, 0.4) is 0 Å². The lowest BCUT2D eigenvalue weighted by Crippen LogP contribution is -2.47. The molecule has 2 unspecified atom stereocenters. The number of aromatic nitrogens is 2. The second kappa shape index (κ2) is 4.99. The Kier molecular flexibility index (Phi) is 3.41. The van der Waals surface area contributed by atoms with E-state index in [0.29, 0.717) is 18.7 Å². The van der Waals surface area contributed by atoms with E-state index in [1.165, 1.54) is 0 Å². The van der Waals surface area contributed by atoms with E-state index in [0.717, 1.165) is 12.8 Å². The van der Waals surface area contributed by atoms with E-state index in [4.69, 9.17) is 4.52 Å². The van der Waals surface area contributed by atoms with E-state index in [1.807, 2.05) is 0 Å². The number of hydrogen-bond donors (Lipinski definition) is 0. The second-order valence-electron chi connectivity index (χ2n) is 5.89. The Morgan fingerprint density at radius 3 is 2.43 bits per heavy atom. The van der Waals surface area contributed by atoms with Crippen LogP contribution in [0.25, 0.3) is 0 Å². The normalized spacial score (nSPS) is 29.0. The van der Waals surface area contributed by atoms with E-state index in [-0.39, 0.29) is 23.8 Å². The predicted octanol–water partition coefficient (Wildman–Crippen LogP) is 2.71. The summed E-state index contributed by atoms with van der Waals surface area (Å²) in [4.78, 5) is 18.0. The minimum atomic E-state index is -4.14. The molecule has 1 amide bonds. The van der Waals surface area contributed by atoms with Crippen molar-refractivity contribution in [3.05, 3.63) is 11.7 Å². The van der Waals surface area contributed by atoms with Crippen LogP contribution in [0.1, 0.15) is 48.6 Å². The number of carbonyl (C=O) groups excluding carboxylic acids is 1. The largest absolute Gasteiger partial charge is 0.389 e. The zero-order valence-electron chi connectivity index (χ0n) is 11.6. The number of hydrogen-bond acceptors (Lipinski definition) is 4. The monoisotopic (exact) mass is 303 g/mol. The van der Waals surface area contributed by atoms with Gasteiger partial charge >= 0.3 is 6.18 Å². The Labute approximate surface area is 119 Å². The number of carbonyl (C=O) groups is 1. The van der Waals surface area contributed by atoms with Gasteiger partial charge in [-0.05, 0) is 31.6 Å². The van der Waals surface area contributed by atoms with Crippen LogP contribution in [-0.2, 0) is 0 Å². The molecule has 5 nitrogen and oxygen atoms in total. The molecule has 1 aromatic heterocycles. The van der Waals surface area contributed by atoms with Crippen molar-refractivity contribution >= 4 is 5.91 Å². The summed E-state index contributed by atoms with van der Waals surface area (Å²) in [5, 5.41) is 3.61. The smallest absolute Gasteiger partial charge is 0.339 e. The topological polar surface area (TPSA) is 59.2 Å². The second-order valence-corrected chi connectivity index (χ2v) is 5.89. The highest BCUT2D eigenvalue weighted by molar-refractivity contribution is 5.91. The SMILES string of the molecule is Cc1nc(C(=O)N2C3CCC2CC(CC(F)(F)F)C3)no1. The van der Waals surface area contributed by atoms with Crippen molar-refractivity contribution in [3.8, 4) is 0 Å². The fourth-order valence-electron chi connectivity index (χ4n) is 3.62. The van der Waals surface area contributed by atoms with Crippen molar-refractivity contribution in [3.63, 3.8) is 0 Å². The number of nitrogens with zero attached hydrogens (tertiary/aromatic N) is 3. The average Bonchev–Trinajstić information content (AvgIpc) is 2.89. The Morgan fingerprint density at radius 1 is 1.33 bits per heavy atom. The van der Waals surface area contributed by atoms with Crippen molar-refractivity contribution in [2.45, 2.75) is 57.3 Å². The number of amides is 1. The molecule has 21 heavy (non-hydrogen) atoms. The van der Waals surface area contributed by atoms with Crippen molar-refractivity contribution < 1.29 is 22.5 Å². The lowest BCUT2D eigenvalue weighted by Gasteiger charge is -2.38. The third-order valence-electron chi connectivity index (χ3n) is 4.30. The summed E-state index contributed by atoms with van der Waals surface area (Å²) in [5.41, 5.74) is 0. The maximum absolute atomic E-state index is 12.5. The van der Waals surface area contributed by atoms with Gasteiger partial charge in [-0.25, -0.2) is 0 Å². The molecule has 0 saturated carbocycles. The van der Waals surface area contributed by atoms with Crippen LogP contribution in [0.4, 0.5) is 13.2 Å². The predicted molar refractivity (Wildman–Crippen MR) is 65.4 cm³/mol. The van der Waals surface area contributed by atoms with Gasteiger partial charge in [-0.2, -0.15) is 18.2 Å². The first-order chi connectivity index (χ1) is 9.83. The number of rotatable bonds is 2. The van der Waals surface area contributed by atoms with Crippen LogP contribution in [-0.4, -0.2) is 39.2 Å². The third-order valence-corrected chi connectivity index (χ3v) is 4.30. The number of aryl methyl sites for hydroxylation is 1. The molecule has 2 aliphatic heterocycles. The Bertz CT molecular complexity index is 529. The number of halogens is 3. The number of fused-ring (bicyclic) bond motifs is 2. The first-order valence-electron chi connectivity index (χ1n) is 7.03. The highest BCUT2D eigenvalue weighted by Crippen LogP contribution is 2.43. The fraction of sp³-hybridized carbons (Fsp3) is 0.769. The molecule has 2 bridgehead atoms. The van der Waals surface area contributed by atoms with Gasteiger partial charge in [0.05, 0.1) is 0 Å². The molecule has 0 radical (unpaired) electrons. The van der Waals surface area contributed by atoms with Gasteiger partial charge in [-0.3, -0.25) is 4.79 Å². The minimum absolute atomic E-state index is 0.00123. The summed E-state index contributed by atoms with van der Waals surface area (Å²) in [6, 6.07) is -0.273. The maximum atomic E-state index is 12.5. The van der Waals surface area contributed by atoms with Crippen molar-refractivity contribution in [2.75, 3.05) is 0 Å². The summed E-state index contributed by atoms with van der Waals surface area (Å²) in [5.74, 6) is -0.417. The Morgan fingerprint density at radius 2 is 1.95 bits per heavy atom. The standard InChI is InChI=1S/C13H16F3N3O2/c1-7-17-11(18-21-7)12(20)19-9-2-3-10(19)5-8(4-9)6-13(14,15)16/h8-10H,2-6H2,1H3. The van der Waals surface area contributed by atoms with Gasteiger partial charge in [0.2, 0.25) is 5.89 Å². The van der Waals surface area contributed by atoms with Crippen LogP contribution in [0.5, 0.6) is 0 Å². The molecule has 0 N–H and O–H groups in total. The molecule has 3 rings (SSSR count). The molecule has 0 spiro atoms. The van der Waals surface area contributed by atoms with E-state index >= 15 is 0 Å². The van der Waals surface area contributed by atoms with Crippen LogP contribution >= 0.6 is 0 Å². The Hall–Kier alpha value is -1.60. The van der Waals surface area contributed by atoms with Crippen LogP contribution in [0.2, 0.25) is 0 Å². The van der Waals surface area contributed by atoms with Crippen molar-refractivity contribution in [2.24, 2.45) is 5.92 Å². The lowest BCUT2D eigenvalue weighted by atomic mass is 9.88. The minimum Gasteiger partial charge on any atom is -0.339 e. The quantitative estimate of drug-likeness (QED) is 0.843. The van der Waals surface area contributed by atoms with E-state index < -0.39 is 18.5 Å².